The minimum atomic E-state index is 0.696. The maximum absolute atomic E-state index is 5.48. The van der Waals surface area contributed by atoms with E-state index in [1.807, 2.05) is 22.7 Å². The Kier molecular flexibility index (Phi) is 5.81. The molecule has 0 atom stereocenters. The largest absolute Gasteiger partial charge is 0.493 e. The number of hydrogen-bond donors (Lipinski definition) is 0. The number of nitrogens with zero attached hydrogens (tertiary/aromatic N) is 5. The van der Waals surface area contributed by atoms with Gasteiger partial charge in [-0.25, -0.2) is 4.98 Å². The van der Waals surface area contributed by atoms with Crippen LogP contribution in [0.4, 0.5) is 5.82 Å². The molecule has 3 heterocycles. The zero-order valence-corrected chi connectivity index (χ0v) is 18.6. The molecule has 0 amide bonds. The molecule has 0 aliphatic carbocycles. The van der Waals surface area contributed by atoms with Gasteiger partial charge in [0.15, 0.2) is 17.1 Å². The first-order valence-corrected chi connectivity index (χ1v) is 10.7. The number of hydrogen-bond acceptors (Lipinski definition) is 6. The fourth-order valence-corrected chi connectivity index (χ4v) is 4.29. The Labute approximate surface area is 178 Å². The van der Waals surface area contributed by atoms with Crippen LogP contribution in [0.1, 0.15) is 25.1 Å². The summed E-state index contributed by atoms with van der Waals surface area (Å²) in [6.07, 6.45) is 0.934. The molecule has 160 valence electrons. The highest BCUT2D eigenvalue weighted by Gasteiger charge is 2.23. The molecule has 0 spiro atoms. The number of piperazine rings is 1. The van der Waals surface area contributed by atoms with Gasteiger partial charge in [-0.2, -0.15) is 9.61 Å². The summed E-state index contributed by atoms with van der Waals surface area (Å²) in [4.78, 5) is 9.82. The molecule has 1 fully saturated rings. The molecular weight excluding hydrogens is 378 g/mol. The van der Waals surface area contributed by atoms with E-state index in [0.29, 0.717) is 11.5 Å². The average molecular weight is 410 g/mol. The van der Waals surface area contributed by atoms with Gasteiger partial charge in [-0.15, -0.1) is 0 Å². The van der Waals surface area contributed by atoms with Gasteiger partial charge in [0.1, 0.15) is 5.82 Å². The predicted octanol–water partition coefficient (Wildman–Crippen LogP) is 3.43. The molecule has 0 N–H and O–H groups in total. The van der Waals surface area contributed by atoms with Crippen LogP contribution in [-0.2, 0) is 6.42 Å². The Bertz CT molecular complexity index is 1040. The third kappa shape index (κ3) is 3.58. The monoisotopic (exact) mass is 409 g/mol. The van der Waals surface area contributed by atoms with Crippen LogP contribution in [0.25, 0.3) is 16.9 Å². The van der Waals surface area contributed by atoms with Gasteiger partial charge < -0.3 is 19.3 Å². The Morgan fingerprint density at radius 3 is 2.33 bits per heavy atom. The topological polar surface area (TPSA) is 55.1 Å². The number of likely N-dealkylation sites (N-methyl/N-ethyl adjacent to an activating group) is 1. The van der Waals surface area contributed by atoms with E-state index in [9.17, 15) is 0 Å². The summed E-state index contributed by atoms with van der Waals surface area (Å²) in [5.41, 5.74) is 5.09. The van der Waals surface area contributed by atoms with E-state index >= 15 is 0 Å². The van der Waals surface area contributed by atoms with E-state index < -0.39 is 0 Å². The Hall–Kier alpha value is -2.80. The van der Waals surface area contributed by atoms with Crippen LogP contribution in [0.15, 0.2) is 24.3 Å². The number of fused-ring (bicyclic) bond motifs is 1. The van der Waals surface area contributed by atoms with E-state index in [1.54, 1.807) is 14.2 Å². The molecule has 1 saturated heterocycles. The van der Waals surface area contributed by atoms with Crippen LogP contribution in [0.2, 0.25) is 0 Å². The van der Waals surface area contributed by atoms with Gasteiger partial charge in [0.05, 0.1) is 19.9 Å². The second-order valence-corrected chi connectivity index (χ2v) is 7.64. The number of benzene rings is 1. The highest BCUT2D eigenvalue weighted by molar-refractivity contribution is 5.69. The number of ether oxygens (including phenoxy) is 2. The molecule has 7 nitrogen and oxygen atoms in total. The van der Waals surface area contributed by atoms with E-state index in [-0.39, 0.29) is 0 Å². The number of aryl methyl sites for hydroxylation is 1. The third-order valence-corrected chi connectivity index (χ3v) is 6.03. The zero-order valence-electron chi connectivity index (χ0n) is 18.6. The fourth-order valence-electron chi connectivity index (χ4n) is 4.29. The van der Waals surface area contributed by atoms with Gasteiger partial charge in [-0.3, -0.25) is 0 Å². The van der Waals surface area contributed by atoms with Crippen molar-refractivity contribution in [3.8, 4) is 22.8 Å². The molecule has 1 aromatic carbocycles. The van der Waals surface area contributed by atoms with E-state index in [2.05, 4.69) is 36.6 Å². The molecule has 1 aliphatic rings. The molecule has 0 radical (unpaired) electrons. The Morgan fingerprint density at radius 1 is 0.967 bits per heavy atom. The highest BCUT2D eigenvalue weighted by Crippen LogP contribution is 2.33. The molecule has 2 aromatic heterocycles. The van der Waals surface area contributed by atoms with Gasteiger partial charge in [0.25, 0.3) is 0 Å². The molecular formula is C23H31N5O2. The standard InChI is InChI=1S/C23H31N5O2/c1-6-18-16(3)24-22-15-19(17-8-9-20(29-4)21(14-17)30-5)25-28(22)23(18)27-12-10-26(7-2)11-13-27/h8-9,14-15H,6-7,10-13H2,1-5H3. The molecule has 0 bridgehead atoms. The summed E-state index contributed by atoms with van der Waals surface area (Å²) in [5, 5.41) is 4.98. The van der Waals surface area contributed by atoms with E-state index in [1.165, 1.54) is 11.4 Å². The smallest absolute Gasteiger partial charge is 0.161 e. The third-order valence-electron chi connectivity index (χ3n) is 6.03. The van der Waals surface area contributed by atoms with Crippen molar-refractivity contribution in [1.82, 2.24) is 19.5 Å². The number of methoxy groups -OCH3 is 2. The van der Waals surface area contributed by atoms with Gasteiger partial charge >= 0.3 is 0 Å². The predicted molar refractivity (Wildman–Crippen MR) is 120 cm³/mol. The normalized spacial score (nSPS) is 15.0. The van der Waals surface area contributed by atoms with Crippen molar-refractivity contribution in [2.75, 3.05) is 51.8 Å². The van der Waals surface area contributed by atoms with Crippen molar-refractivity contribution in [2.24, 2.45) is 0 Å². The van der Waals surface area contributed by atoms with Crippen LogP contribution in [0.5, 0.6) is 11.5 Å². The lowest BCUT2D eigenvalue weighted by Gasteiger charge is -2.36. The van der Waals surface area contributed by atoms with Crippen molar-refractivity contribution in [2.45, 2.75) is 27.2 Å². The lowest BCUT2D eigenvalue weighted by molar-refractivity contribution is 0.270. The Morgan fingerprint density at radius 2 is 1.70 bits per heavy atom. The lowest BCUT2D eigenvalue weighted by Crippen LogP contribution is -2.47. The van der Waals surface area contributed by atoms with E-state index in [4.69, 9.17) is 19.6 Å². The molecule has 1 aliphatic heterocycles. The summed E-state index contributed by atoms with van der Waals surface area (Å²) in [7, 11) is 3.30. The van der Waals surface area contributed by atoms with Crippen LogP contribution in [-0.4, -0.2) is 66.4 Å². The van der Waals surface area contributed by atoms with Crippen LogP contribution in [0, 0.1) is 6.92 Å². The van der Waals surface area contributed by atoms with Gasteiger partial charge in [0.2, 0.25) is 0 Å². The minimum absolute atomic E-state index is 0.696. The Balaban J connectivity index is 1.81. The minimum Gasteiger partial charge on any atom is -0.493 e. The van der Waals surface area contributed by atoms with Crippen LogP contribution < -0.4 is 14.4 Å². The second kappa shape index (κ2) is 8.52. The number of aromatic nitrogens is 3. The van der Waals surface area contributed by atoms with Crippen LogP contribution >= 0.6 is 0 Å². The summed E-state index contributed by atoms with van der Waals surface area (Å²) in [6.45, 7) is 11.8. The maximum atomic E-state index is 5.48. The zero-order chi connectivity index (χ0) is 21.3. The molecule has 4 rings (SSSR count). The van der Waals surface area contributed by atoms with Crippen molar-refractivity contribution in [3.63, 3.8) is 0 Å². The summed E-state index contributed by atoms with van der Waals surface area (Å²) >= 11 is 0. The SMILES string of the molecule is CCc1c(C)nc2cc(-c3ccc(OC)c(OC)c3)nn2c1N1CCN(CC)CC1. The molecule has 30 heavy (non-hydrogen) atoms. The van der Waals surface area contributed by atoms with Crippen molar-refractivity contribution in [3.05, 3.63) is 35.5 Å². The van der Waals surface area contributed by atoms with Crippen molar-refractivity contribution < 1.29 is 9.47 Å². The maximum Gasteiger partial charge on any atom is 0.161 e. The molecule has 0 saturated carbocycles. The van der Waals surface area contributed by atoms with Gasteiger partial charge in [0, 0.05) is 49.1 Å². The molecule has 3 aromatic rings. The second-order valence-electron chi connectivity index (χ2n) is 7.64. The summed E-state index contributed by atoms with van der Waals surface area (Å²) in [5.74, 6) is 2.59. The first-order chi connectivity index (χ1) is 14.6. The number of anilines is 1. The number of rotatable bonds is 6. The van der Waals surface area contributed by atoms with Gasteiger partial charge in [-0.05, 0) is 38.1 Å². The highest BCUT2D eigenvalue weighted by atomic mass is 16.5. The molecule has 7 heteroatoms. The molecule has 0 unspecified atom stereocenters. The first kappa shape index (κ1) is 20.5. The fraction of sp³-hybridized carbons (Fsp3) is 0.478. The van der Waals surface area contributed by atoms with E-state index in [0.717, 1.165) is 61.7 Å². The van der Waals surface area contributed by atoms with Crippen LogP contribution in [0.3, 0.4) is 0 Å². The lowest BCUT2D eigenvalue weighted by atomic mass is 10.1. The quantitative estimate of drug-likeness (QED) is 0.622. The average Bonchev–Trinajstić information content (AvgIpc) is 3.21. The first-order valence-electron chi connectivity index (χ1n) is 10.7. The summed E-state index contributed by atoms with van der Waals surface area (Å²) in [6, 6.07) is 7.95. The summed E-state index contributed by atoms with van der Waals surface area (Å²) < 4.78 is 12.9. The van der Waals surface area contributed by atoms with Gasteiger partial charge in [-0.1, -0.05) is 13.8 Å². The van der Waals surface area contributed by atoms with Crippen molar-refractivity contribution >= 4 is 11.5 Å². The van der Waals surface area contributed by atoms with Crippen molar-refractivity contribution in [1.29, 1.82) is 0 Å².